The fourth-order valence-corrected chi connectivity index (χ4v) is 6.80. The number of rotatable bonds is 13. The summed E-state index contributed by atoms with van der Waals surface area (Å²) in [6.07, 6.45) is 3.45. The van der Waals surface area contributed by atoms with E-state index in [0.717, 1.165) is 25.5 Å². The molecule has 0 aliphatic rings. The number of aliphatic carboxylic acids is 2. The highest BCUT2D eigenvalue weighted by Crippen LogP contribution is 2.37. The molecule has 0 saturated heterocycles. The average Bonchev–Trinajstić information content (AvgIpc) is 2.81. The Balaban J connectivity index is 0.000000554. The van der Waals surface area contributed by atoms with Gasteiger partial charge >= 0.3 is 11.9 Å². The van der Waals surface area contributed by atoms with Gasteiger partial charge in [0.1, 0.15) is 17.5 Å². The smallest absolute Gasteiger partial charge is 0.326 e. The molecule has 2 rings (SSSR count). The summed E-state index contributed by atoms with van der Waals surface area (Å²) in [6, 6.07) is 6.18. The van der Waals surface area contributed by atoms with E-state index in [4.69, 9.17) is 9.84 Å². The number of hydrogen-bond acceptors (Lipinski definition) is 6. The number of carbonyl (C=O) groups excluding carboxylic acids is 2. The highest BCUT2D eigenvalue weighted by Gasteiger charge is 2.20. The van der Waals surface area contributed by atoms with Crippen LogP contribution in [0.3, 0.4) is 0 Å². The third kappa shape index (κ3) is 13.3. The van der Waals surface area contributed by atoms with Crippen molar-refractivity contribution in [3.05, 3.63) is 44.1 Å². The van der Waals surface area contributed by atoms with E-state index in [1.807, 2.05) is 57.3 Å². The fourth-order valence-electron chi connectivity index (χ4n) is 2.97. The maximum atomic E-state index is 11.3. The zero-order chi connectivity index (χ0) is 28.8. The molecule has 0 aromatic heterocycles. The van der Waals surface area contributed by atoms with Crippen molar-refractivity contribution in [3.8, 4) is 17.2 Å². The van der Waals surface area contributed by atoms with E-state index in [0.29, 0.717) is 38.0 Å². The van der Waals surface area contributed by atoms with Gasteiger partial charge in [0.25, 0.3) is 0 Å². The zero-order valence-corrected chi connectivity index (χ0v) is 28.7. The first-order valence-electron chi connectivity index (χ1n) is 11.1. The summed E-state index contributed by atoms with van der Waals surface area (Å²) in [4.78, 5) is 42.3. The van der Waals surface area contributed by atoms with E-state index in [1.54, 1.807) is 12.1 Å². The van der Waals surface area contributed by atoms with Crippen molar-refractivity contribution in [1.82, 2.24) is 10.6 Å². The zero-order valence-electron chi connectivity index (χ0n) is 20.1. The monoisotopic (exact) mass is 978 g/mol. The molecule has 10 nitrogen and oxygen atoms in total. The first-order chi connectivity index (χ1) is 17.8. The van der Waals surface area contributed by atoms with Crippen LogP contribution in [0.2, 0.25) is 0 Å². The lowest BCUT2D eigenvalue weighted by Gasteiger charge is -2.16. The molecule has 0 aliphatic heterocycles. The Hall–Kier alpha value is -1.16. The van der Waals surface area contributed by atoms with Crippen LogP contribution in [-0.4, -0.2) is 52.2 Å². The van der Waals surface area contributed by atoms with Gasteiger partial charge in [-0.1, -0.05) is 6.42 Å². The molecule has 38 heavy (non-hydrogen) atoms. The van der Waals surface area contributed by atoms with Gasteiger partial charge in [-0.3, -0.25) is 14.4 Å². The minimum atomic E-state index is -1.08. The van der Waals surface area contributed by atoms with Crippen LogP contribution in [0, 0.1) is 14.3 Å². The van der Waals surface area contributed by atoms with Gasteiger partial charge in [-0.05, 0) is 133 Å². The molecule has 0 unspecified atom stereocenters. The molecule has 14 heteroatoms. The van der Waals surface area contributed by atoms with E-state index < -0.39 is 18.0 Å². The Morgan fingerprint density at radius 1 is 0.947 bits per heavy atom. The van der Waals surface area contributed by atoms with Crippen LogP contribution in [0.15, 0.2) is 24.3 Å². The fraction of sp³-hybridized carbons (Fsp3) is 0.333. The topological polar surface area (TPSA) is 162 Å². The number of ether oxygens (including phenoxy) is 1. The quantitative estimate of drug-likeness (QED) is 0.105. The number of aromatic hydroxyl groups is 1. The van der Waals surface area contributed by atoms with Crippen molar-refractivity contribution in [2.75, 3.05) is 6.54 Å². The largest absolute Gasteiger partial charge is 0.506 e. The van der Waals surface area contributed by atoms with Gasteiger partial charge in [-0.25, -0.2) is 4.79 Å². The Bertz CT molecular complexity index is 1100. The van der Waals surface area contributed by atoms with E-state index in [9.17, 15) is 29.4 Å². The van der Waals surface area contributed by atoms with Crippen LogP contribution in [0.1, 0.15) is 38.2 Å². The molecule has 0 radical (unpaired) electrons. The van der Waals surface area contributed by atoms with Gasteiger partial charge in [-0.2, -0.15) is 0 Å². The van der Waals surface area contributed by atoms with Gasteiger partial charge in [0, 0.05) is 26.3 Å². The predicted octanol–water partition coefficient (Wildman–Crippen LogP) is 5.11. The molecule has 0 bridgehead atoms. The normalized spacial score (nSPS) is 11.0. The van der Waals surface area contributed by atoms with E-state index in [-0.39, 0.29) is 24.5 Å². The number of carboxylic acids is 2. The van der Waals surface area contributed by atoms with Crippen molar-refractivity contribution in [3.63, 3.8) is 0 Å². The molecule has 0 aliphatic carbocycles. The summed E-state index contributed by atoms with van der Waals surface area (Å²) in [7, 11) is 0. The number of benzene rings is 2. The van der Waals surface area contributed by atoms with Gasteiger partial charge < -0.3 is 30.7 Å². The number of amides is 2. The van der Waals surface area contributed by atoms with E-state index in [1.165, 1.54) is 6.92 Å². The molecule has 0 fully saturated rings. The molecular weight excluding hydrogens is 952 g/mol. The number of unbranched alkanes of at least 4 members (excludes halogenated alkanes) is 2. The van der Waals surface area contributed by atoms with Crippen molar-refractivity contribution >= 4 is 115 Å². The van der Waals surface area contributed by atoms with E-state index >= 15 is 0 Å². The maximum Gasteiger partial charge on any atom is 0.326 e. The van der Waals surface area contributed by atoms with Crippen LogP contribution in [0.4, 0.5) is 0 Å². The molecule has 2 amide bonds. The minimum Gasteiger partial charge on any atom is -0.506 e. The molecule has 0 saturated carbocycles. The molecule has 0 spiro atoms. The number of carboxylic acid groups (broad SMARTS) is 2. The summed E-state index contributed by atoms with van der Waals surface area (Å²) in [5.74, 6) is -0.739. The third-order valence-electron chi connectivity index (χ3n) is 4.68. The molecule has 2 aromatic rings. The lowest BCUT2D eigenvalue weighted by atomic mass is 10.1. The molecule has 0 heterocycles. The van der Waals surface area contributed by atoms with Crippen LogP contribution in [0.25, 0.3) is 0 Å². The van der Waals surface area contributed by atoms with Gasteiger partial charge in [0.2, 0.25) is 12.3 Å². The summed E-state index contributed by atoms with van der Waals surface area (Å²) in [5.41, 5.74) is 0.784. The Kier molecular flexibility index (Phi) is 16.7. The number of halogens is 4. The second-order valence-electron chi connectivity index (χ2n) is 7.80. The second-order valence-corrected chi connectivity index (χ2v) is 12.4. The first kappa shape index (κ1) is 34.9. The Labute approximate surface area is 274 Å². The number of phenols is 1. The minimum absolute atomic E-state index is 0.177. The van der Waals surface area contributed by atoms with Crippen molar-refractivity contribution in [2.45, 2.75) is 45.1 Å². The van der Waals surface area contributed by atoms with Gasteiger partial charge in [0.05, 0.1) is 14.3 Å². The van der Waals surface area contributed by atoms with Crippen LogP contribution >= 0.6 is 90.4 Å². The molecule has 208 valence electrons. The number of nitrogens with one attached hydrogen (secondary N) is 2. The highest BCUT2D eigenvalue weighted by atomic mass is 127. The number of phenolic OH excluding ortho intramolecular Hbond substituents is 1. The summed E-state index contributed by atoms with van der Waals surface area (Å²) in [6.45, 7) is 1.93. The van der Waals surface area contributed by atoms with Crippen LogP contribution in [-0.2, 0) is 25.6 Å². The van der Waals surface area contributed by atoms with Gasteiger partial charge in [0.15, 0.2) is 5.75 Å². The van der Waals surface area contributed by atoms with Gasteiger partial charge in [-0.15, -0.1) is 0 Å². The van der Waals surface area contributed by atoms with Crippen LogP contribution < -0.4 is 15.4 Å². The summed E-state index contributed by atoms with van der Waals surface area (Å²) in [5, 5.41) is 32.4. The summed E-state index contributed by atoms with van der Waals surface area (Å²) >= 11 is 8.35. The van der Waals surface area contributed by atoms with Crippen LogP contribution in [0.5, 0.6) is 17.2 Å². The number of hydrogen-bond donors (Lipinski definition) is 5. The predicted molar refractivity (Wildman–Crippen MR) is 175 cm³/mol. The average molecular weight is 978 g/mol. The third-order valence-corrected chi connectivity index (χ3v) is 7.93. The van der Waals surface area contributed by atoms with Crippen molar-refractivity contribution in [2.24, 2.45) is 0 Å². The Morgan fingerprint density at radius 3 is 2.00 bits per heavy atom. The first-order valence-corrected chi connectivity index (χ1v) is 15.4. The number of carbonyl (C=O) groups is 4. The standard InChI is InChI=1S/C17H13I4NO5.C7H13NO3/c1-7(23)22-14(17(25)26)4-8-2-12(20)16(13(21)3-8)27-9-5-10(18)15(24)11(19)6-9;9-6-8-5-3-1-2-4-7(10)11/h2-3,5-6,14,24H,4H2,1H3,(H,22,23)(H,25,26);6H,1-5H2,(H,8,9)(H,10,11)/t14-;/m0./s1. The van der Waals surface area contributed by atoms with Crippen molar-refractivity contribution < 1.29 is 39.2 Å². The maximum absolute atomic E-state index is 11.3. The lowest BCUT2D eigenvalue weighted by Crippen LogP contribution is -2.41. The second kappa shape index (κ2) is 18.2. The SMILES string of the molecule is CC(=O)N[C@@H](Cc1cc(I)c(Oc2cc(I)c(O)c(I)c2)c(I)c1)C(=O)O.O=CNCCCCCC(=O)O. The highest BCUT2D eigenvalue weighted by molar-refractivity contribution is 14.1. The summed E-state index contributed by atoms with van der Waals surface area (Å²) < 4.78 is 9.03. The molecule has 5 N–H and O–H groups in total. The molecule has 2 aromatic carbocycles. The van der Waals surface area contributed by atoms with E-state index in [2.05, 4.69) is 55.8 Å². The lowest BCUT2D eigenvalue weighted by molar-refractivity contribution is -0.141. The molecular formula is C24H26I4N2O8. The van der Waals surface area contributed by atoms with Crippen molar-refractivity contribution in [1.29, 1.82) is 0 Å². The molecule has 1 atom stereocenters. The Morgan fingerprint density at radius 2 is 1.53 bits per heavy atom.